The molecule has 6 nitrogen and oxygen atoms in total. The number of aromatic hydroxyl groups is 1. The zero-order valence-electron chi connectivity index (χ0n) is 15.4. The van der Waals surface area contributed by atoms with Gasteiger partial charge in [0.25, 0.3) is 0 Å². The van der Waals surface area contributed by atoms with Crippen LogP contribution in [0.3, 0.4) is 0 Å². The molecule has 1 aliphatic heterocycles. The quantitative estimate of drug-likeness (QED) is 0.759. The number of H-pyrrole nitrogens is 1. The predicted octanol–water partition coefficient (Wildman–Crippen LogP) is 3.00. The van der Waals surface area contributed by atoms with Gasteiger partial charge in [-0.25, -0.2) is 4.98 Å². The molecule has 2 aromatic carbocycles. The Labute approximate surface area is 153 Å². The topological polar surface area (TPSA) is 64.6 Å². The zero-order valence-corrected chi connectivity index (χ0v) is 15.4. The van der Waals surface area contributed by atoms with Crippen LogP contribution in [-0.4, -0.2) is 60.3 Å². The molecule has 0 unspecified atom stereocenters. The lowest BCUT2D eigenvalue weighted by molar-refractivity contribution is 0.313. The van der Waals surface area contributed by atoms with Gasteiger partial charge in [-0.15, -0.1) is 0 Å². The summed E-state index contributed by atoms with van der Waals surface area (Å²) < 4.78 is 5.21. The Balaban J connectivity index is 1.72. The summed E-state index contributed by atoms with van der Waals surface area (Å²) in [6, 6.07) is 9.66. The van der Waals surface area contributed by atoms with E-state index in [1.807, 2.05) is 6.07 Å². The molecule has 1 saturated heterocycles. The number of nitrogens with zero attached hydrogens (tertiary/aromatic N) is 3. The third kappa shape index (κ3) is 2.97. The average molecular weight is 352 g/mol. The number of ether oxygens (including phenoxy) is 1. The van der Waals surface area contributed by atoms with Crippen LogP contribution < -0.4 is 9.64 Å². The number of benzene rings is 2. The third-order valence-electron chi connectivity index (χ3n) is 5.08. The van der Waals surface area contributed by atoms with Crippen LogP contribution in [0.2, 0.25) is 0 Å². The molecular weight excluding hydrogens is 328 g/mol. The normalized spacial score (nSPS) is 15.6. The number of imidazole rings is 1. The zero-order chi connectivity index (χ0) is 18.3. The lowest BCUT2D eigenvalue weighted by atomic mass is 10.1. The standard InChI is InChI=1S/C20H24N4O2/c1-13-10-15(24-8-6-23(2)7-9-24)12-16-19(13)22-20(21-16)14-4-5-17(25)18(11-14)26-3/h4-5,10-12,25H,6-9H2,1-3H3,(H,21,22). The summed E-state index contributed by atoms with van der Waals surface area (Å²) in [4.78, 5) is 13.0. The van der Waals surface area contributed by atoms with Crippen molar-refractivity contribution in [1.82, 2.24) is 14.9 Å². The smallest absolute Gasteiger partial charge is 0.161 e. The van der Waals surface area contributed by atoms with Crippen LogP contribution >= 0.6 is 0 Å². The molecule has 6 heteroatoms. The van der Waals surface area contributed by atoms with Crippen LogP contribution in [0.4, 0.5) is 5.69 Å². The SMILES string of the molecule is COc1cc(-c2nc3c(C)cc(N4CCN(C)CC4)cc3[nH]2)ccc1O. The van der Waals surface area contributed by atoms with E-state index in [1.54, 1.807) is 19.2 Å². The molecule has 0 atom stereocenters. The van der Waals surface area contributed by atoms with Crippen molar-refractivity contribution in [2.75, 3.05) is 45.2 Å². The van der Waals surface area contributed by atoms with Gasteiger partial charge in [-0.3, -0.25) is 0 Å². The van der Waals surface area contributed by atoms with Crippen molar-refractivity contribution >= 4 is 16.7 Å². The molecule has 1 aromatic heterocycles. The molecule has 0 amide bonds. The largest absolute Gasteiger partial charge is 0.504 e. The fourth-order valence-electron chi connectivity index (χ4n) is 3.48. The summed E-state index contributed by atoms with van der Waals surface area (Å²) in [5.74, 6) is 1.34. The minimum Gasteiger partial charge on any atom is -0.504 e. The van der Waals surface area contributed by atoms with Crippen molar-refractivity contribution < 1.29 is 9.84 Å². The van der Waals surface area contributed by atoms with Crippen LogP contribution in [0.25, 0.3) is 22.4 Å². The van der Waals surface area contributed by atoms with E-state index in [-0.39, 0.29) is 5.75 Å². The fraction of sp³-hybridized carbons (Fsp3) is 0.350. The predicted molar refractivity (Wildman–Crippen MR) is 104 cm³/mol. The lowest BCUT2D eigenvalue weighted by Crippen LogP contribution is -2.44. The molecule has 0 spiro atoms. The number of fused-ring (bicyclic) bond motifs is 1. The monoisotopic (exact) mass is 352 g/mol. The highest BCUT2D eigenvalue weighted by Gasteiger charge is 2.17. The first kappa shape index (κ1) is 16.7. The van der Waals surface area contributed by atoms with Gasteiger partial charge < -0.3 is 24.6 Å². The first-order valence-electron chi connectivity index (χ1n) is 8.86. The summed E-state index contributed by atoms with van der Waals surface area (Å²) in [5, 5.41) is 9.80. The van der Waals surface area contributed by atoms with Crippen molar-refractivity contribution in [2.24, 2.45) is 0 Å². The summed E-state index contributed by atoms with van der Waals surface area (Å²) >= 11 is 0. The fourth-order valence-corrected chi connectivity index (χ4v) is 3.48. The Morgan fingerprint density at radius 1 is 1.12 bits per heavy atom. The molecule has 0 radical (unpaired) electrons. The molecule has 2 N–H and O–H groups in total. The summed E-state index contributed by atoms with van der Waals surface area (Å²) in [6.45, 7) is 6.34. The highest BCUT2D eigenvalue weighted by molar-refractivity contribution is 5.86. The number of hydrogen-bond acceptors (Lipinski definition) is 5. The first-order valence-corrected chi connectivity index (χ1v) is 8.86. The van der Waals surface area contributed by atoms with E-state index in [0.29, 0.717) is 5.75 Å². The van der Waals surface area contributed by atoms with Gasteiger partial charge in [-0.2, -0.15) is 0 Å². The number of rotatable bonds is 3. The van der Waals surface area contributed by atoms with Gasteiger partial charge in [0.15, 0.2) is 11.5 Å². The maximum Gasteiger partial charge on any atom is 0.161 e. The van der Waals surface area contributed by atoms with Gasteiger partial charge >= 0.3 is 0 Å². The Bertz CT molecular complexity index is 942. The first-order chi connectivity index (χ1) is 12.5. The molecule has 2 heterocycles. The van der Waals surface area contributed by atoms with Gasteiger partial charge in [-0.05, 0) is 49.9 Å². The van der Waals surface area contributed by atoms with E-state index >= 15 is 0 Å². The van der Waals surface area contributed by atoms with Crippen molar-refractivity contribution in [3.63, 3.8) is 0 Å². The van der Waals surface area contributed by atoms with Crippen LogP contribution in [0, 0.1) is 6.92 Å². The number of piperazine rings is 1. The number of phenols is 1. The number of aryl methyl sites for hydroxylation is 1. The number of aromatic nitrogens is 2. The molecule has 0 aliphatic carbocycles. The second kappa shape index (κ2) is 6.53. The maximum absolute atomic E-state index is 9.80. The lowest BCUT2D eigenvalue weighted by Gasteiger charge is -2.34. The summed E-state index contributed by atoms with van der Waals surface area (Å²) in [5.41, 5.74) is 5.29. The summed E-state index contributed by atoms with van der Waals surface area (Å²) in [6.07, 6.45) is 0. The van der Waals surface area contributed by atoms with E-state index in [9.17, 15) is 5.11 Å². The second-order valence-corrected chi connectivity index (χ2v) is 6.92. The number of hydrogen-bond donors (Lipinski definition) is 2. The minimum atomic E-state index is 0.126. The van der Waals surface area contributed by atoms with Crippen LogP contribution in [0.5, 0.6) is 11.5 Å². The average Bonchev–Trinajstić information content (AvgIpc) is 3.07. The number of aromatic amines is 1. The molecule has 26 heavy (non-hydrogen) atoms. The van der Waals surface area contributed by atoms with Crippen LogP contribution in [0.15, 0.2) is 30.3 Å². The van der Waals surface area contributed by atoms with Crippen molar-refractivity contribution in [3.05, 3.63) is 35.9 Å². The second-order valence-electron chi connectivity index (χ2n) is 6.92. The number of anilines is 1. The Hall–Kier alpha value is -2.73. The Morgan fingerprint density at radius 2 is 1.88 bits per heavy atom. The molecule has 1 aliphatic rings. The molecular formula is C20H24N4O2. The van der Waals surface area contributed by atoms with E-state index in [1.165, 1.54) is 5.69 Å². The van der Waals surface area contributed by atoms with Crippen LogP contribution in [0.1, 0.15) is 5.56 Å². The highest BCUT2D eigenvalue weighted by atomic mass is 16.5. The summed E-state index contributed by atoms with van der Waals surface area (Å²) in [7, 11) is 3.71. The number of likely N-dealkylation sites (N-methyl/N-ethyl adjacent to an activating group) is 1. The van der Waals surface area contributed by atoms with Gasteiger partial charge in [0.05, 0.1) is 18.1 Å². The van der Waals surface area contributed by atoms with Gasteiger partial charge in [-0.1, -0.05) is 0 Å². The minimum absolute atomic E-state index is 0.126. The molecule has 0 bridgehead atoms. The number of phenolic OH excluding ortho intramolecular Hbond substituents is 1. The van der Waals surface area contributed by atoms with E-state index in [4.69, 9.17) is 9.72 Å². The molecule has 0 saturated carbocycles. The van der Waals surface area contributed by atoms with Crippen molar-refractivity contribution in [1.29, 1.82) is 0 Å². The molecule has 4 rings (SSSR count). The number of methoxy groups -OCH3 is 1. The Kier molecular flexibility index (Phi) is 4.20. The molecule has 136 valence electrons. The maximum atomic E-state index is 9.80. The van der Waals surface area contributed by atoms with E-state index < -0.39 is 0 Å². The molecule has 3 aromatic rings. The number of nitrogens with one attached hydrogen (secondary N) is 1. The van der Waals surface area contributed by atoms with Crippen molar-refractivity contribution in [3.8, 4) is 22.9 Å². The van der Waals surface area contributed by atoms with E-state index in [0.717, 1.165) is 54.2 Å². The Morgan fingerprint density at radius 3 is 2.62 bits per heavy atom. The highest BCUT2D eigenvalue weighted by Crippen LogP contribution is 2.32. The third-order valence-corrected chi connectivity index (χ3v) is 5.08. The van der Waals surface area contributed by atoms with Gasteiger partial charge in [0.2, 0.25) is 0 Å². The van der Waals surface area contributed by atoms with Gasteiger partial charge in [0, 0.05) is 37.4 Å². The van der Waals surface area contributed by atoms with E-state index in [2.05, 4.69) is 40.9 Å². The van der Waals surface area contributed by atoms with Crippen LogP contribution in [-0.2, 0) is 0 Å². The van der Waals surface area contributed by atoms with Gasteiger partial charge in [0.1, 0.15) is 5.82 Å². The van der Waals surface area contributed by atoms with Crippen molar-refractivity contribution in [2.45, 2.75) is 6.92 Å². The molecule has 1 fully saturated rings.